The molecule has 0 bridgehead atoms. The molecule has 5 rings (SSSR count). The van der Waals surface area contributed by atoms with Crippen molar-refractivity contribution in [1.29, 1.82) is 0 Å². The van der Waals surface area contributed by atoms with Crippen LogP contribution in [0.3, 0.4) is 0 Å². The van der Waals surface area contributed by atoms with Gasteiger partial charge in [-0.15, -0.1) is 11.3 Å². The van der Waals surface area contributed by atoms with Crippen molar-refractivity contribution in [2.24, 2.45) is 0 Å². The summed E-state index contributed by atoms with van der Waals surface area (Å²) in [5.41, 5.74) is 2.37. The second kappa shape index (κ2) is 6.84. The standard InChI is InChI=1S/C22H19FN2O3S/c1-13-8-16(23)4-2-14(13)9-17-11-24-21(29-17)25-20(26)22(6-7-22)15-3-5-18-19(10-15)28-12-27-18/h2-5,8,10-11H,6-7,9,12H2,1H3,(H,24,25,26). The third-order valence-corrected chi connectivity index (χ3v) is 6.47. The number of amides is 1. The van der Waals surface area contributed by atoms with E-state index < -0.39 is 5.41 Å². The first kappa shape index (κ1) is 18.1. The third-order valence-electron chi connectivity index (χ3n) is 5.55. The van der Waals surface area contributed by atoms with Gasteiger partial charge < -0.3 is 14.8 Å². The van der Waals surface area contributed by atoms with Crippen LogP contribution in [0.4, 0.5) is 9.52 Å². The summed E-state index contributed by atoms with van der Waals surface area (Å²) in [6.07, 6.45) is 4.02. The van der Waals surface area contributed by atoms with Crippen LogP contribution in [0.1, 0.15) is 34.4 Å². The minimum atomic E-state index is -0.527. The Kier molecular flexibility index (Phi) is 4.28. The Bertz CT molecular complexity index is 1110. The number of carbonyl (C=O) groups excluding carboxylic acids is 1. The Morgan fingerprint density at radius 3 is 2.83 bits per heavy atom. The number of halogens is 1. The Morgan fingerprint density at radius 2 is 2.03 bits per heavy atom. The summed E-state index contributed by atoms with van der Waals surface area (Å²) in [7, 11) is 0. The zero-order valence-electron chi connectivity index (χ0n) is 15.8. The molecule has 2 heterocycles. The number of hydrogen-bond donors (Lipinski definition) is 1. The van der Waals surface area contributed by atoms with Crippen LogP contribution in [-0.2, 0) is 16.6 Å². The Labute approximate surface area is 171 Å². The van der Waals surface area contributed by atoms with Crippen LogP contribution in [-0.4, -0.2) is 17.7 Å². The van der Waals surface area contributed by atoms with Crippen molar-refractivity contribution in [2.75, 3.05) is 12.1 Å². The predicted octanol–water partition coefficient (Wildman–Crippen LogP) is 4.58. The monoisotopic (exact) mass is 410 g/mol. The molecule has 148 valence electrons. The molecule has 1 aliphatic heterocycles. The molecule has 2 aliphatic rings. The van der Waals surface area contributed by atoms with Gasteiger partial charge in [-0.2, -0.15) is 0 Å². The van der Waals surface area contributed by atoms with Gasteiger partial charge in [-0.25, -0.2) is 9.37 Å². The van der Waals surface area contributed by atoms with E-state index in [0.29, 0.717) is 23.1 Å². The molecular weight excluding hydrogens is 391 g/mol. The lowest BCUT2D eigenvalue weighted by atomic mass is 9.94. The molecule has 2 aromatic carbocycles. The summed E-state index contributed by atoms with van der Waals surface area (Å²) in [6.45, 7) is 2.11. The maximum atomic E-state index is 13.3. The SMILES string of the molecule is Cc1cc(F)ccc1Cc1cnc(NC(=O)C2(c3ccc4c(c3)OCO4)CC2)s1. The van der Waals surface area contributed by atoms with Crippen molar-refractivity contribution in [3.63, 3.8) is 0 Å². The number of thiazole rings is 1. The lowest BCUT2D eigenvalue weighted by molar-refractivity contribution is -0.118. The van der Waals surface area contributed by atoms with Gasteiger partial charge in [0.1, 0.15) is 5.82 Å². The van der Waals surface area contributed by atoms with Gasteiger partial charge in [0.2, 0.25) is 12.7 Å². The smallest absolute Gasteiger partial charge is 0.236 e. The molecule has 1 saturated carbocycles. The average molecular weight is 410 g/mol. The molecule has 1 fully saturated rings. The van der Waals surface area contributed by atoms with Crippen LogP contribution in [0.5, 0.6) is 11.5 Å². The van der Waals surface area contributed by atoms with Crippen molar-refractivity contribution in [3.8, 4) is 11.5 Å². The van der Waals surface area contributed by atoms with E-state index in [0.717, 1.165) is 34.4 Å². The van der Waals surface area contributed by atoms with Crippen molar-refractivity contribution in [2.45, 2.75) is 31.6 Å². The number of anilines is 1. The summed E-state index contributed by atoms with van der Waals surface area (Å²) < 4.78 is 24.1. The third kappa shape index (κ3) is 3.35. The maximum absolute atomic E-state index is 13.3. The van der Waals surface area contributed by atoms with E-state index in [4.69, 9.17) is 9.47 Å². The number of rotatable bonds is 5. The Balaban J connectivity index is 1.30. The van der Waals surface area contributed by atoms with E-state index in [1.807, 2.05) is 25.1 Å². The summed E-state index contributed by atoms with van der Waals surface area (Å²) in [5, 5.41) is 3.56. The molecule has 0 radical (unpaired) electrons. The number of nitrogens with zero attached hydrogens (tertiary/aromatic N) is 1. The lowest BCUT2D eigenvalue weighted by Gasteiger charge is -2.15. The normalized spacial score (nSPS) is 15.9. The van der Waals surface area contributed by atoms with Gasteiger partial charge in [-0.05, 0) is 60.7 Å². The van der Waals surface area contributed by atoms with Crippen molar-refractivity contribution in [1.82, 2.24) is 4.98 Å². The van der Waals surface area contributed by atoms with E-state index in [-0.39, 0.29) is 18.5 Å². The van der Waals surface area contributed by atoms with Crippen molar-refractivity contribution < 1.29 is 18.7 Å². The first-order valence-corrected chi connectivity index (χ1v) is 10.3. The highest BCUT2D eigenvalue weighted by Crippen LogP contribution is 2.51. The molecule has 29 heavy (non-hydrogen) atoms. The molecule has 1 aromatic heterocycles. The molecule has 1 aliphatic carbocycles. The molecule has 0 atom stereocenters. The van der Waals surface area contributed by atoms with Gasteiger partial charge in [0.25, 0.3) is 0 Å². The van der Waals surface area contributed by atoms with E-state index in [1.54, 1.807) is 12.3 Å². The van der Waals surface area contributed by atoms with E-state index in [2.05, 4.69) is 10.3 Å². The zero-order chi connectivity index (χ0) is 20.0. The lowest BCUT2D eigenvalue weighted by Crippen LogP contribution is -2.27. The fourth-order valence-corrected chi connectivity index (χ4v) is 4.51. The molecule has 1 N–H and O–H groups in total. The van der Waals surface area contributed by atoms with Crippen LogP contribution >= 0.6 is 11.3 Å². The number of hydrogen-bond acceptors (Lipinski definition) is 5. The van der Waals surface area contributed by atoms with Gasteiger partial charge in [-0.1, -0.05) is 12.1 Å². The van der Waals surface area contributed by atoms with Gasteiger partial charge in [0, 0.05) is 17.5 Å². The van der Waals surface area contributed by atoms with Crippen LogP contribution in [0.25, 0.3) is 0 Å². The quantitative estimate of drug-likeness (QED) is 0.669. The summed E-state index contributed by atoms with van der Waals surface area (Å²) in [4.78, 5) is 18.4. The number of aromatic nitrogens is 1. The molecule has 1 amide bonds. The first-order chi connectivity index (χ1) is 14.0. The van der Waals surface area contributed by atoms with Crippen molar-refractivity contribution >= 4 is 22.4 Å². The number of carbonyl (C=O) groups is 1. The first-order valence-electron chi connectivity index (χ1n) is 9.45. The topological polar surface area (TPSA) is 60.5 Å². The summed E-state index contributed by atoms with van der Waals surface area (Å²) in [6, 6.07) is 10.5. The van der Waals surface area contributed by atoms with Crippen LogP contribution in [0.15, 0.2) is 42.6 Å². The number of benzene rings is 2. The fraction of sp³-hybridized carbons (Fsp3) is 0.273. The average Bonchev–Trinajstić information content (AvgIpc) is 3.18. The number of aryl methyl sites for hydroxylation is 1. The Morgan fingerprint density at radius 1 is 1.21 bits per heavy atom. The zero-order valence-corrected chi connectivity index (χ0v) is 16.6. The molecule has 7 heteroatoms. The number of nitrogens with one attached hydrogen (secondary N) is 1. The summed E-state index contributed by atoms with van der Waals surface area (Å²) >= 11 is 1.45. The highest BCUT2D eigenvalue weighted by molar-refractivity contribution is 7.15. The molecular formula is C22H19FN2O3S. The molecule has 5 nitrogen and oxygen atoms in total. The van der Waals surface area contributed by atoms with Gasteiger partial charge in [-0.3, -0.25) is 4.79 Å². The predicted molar refractivity (Wildman–Crippen MR) is 108 cm³/mol. The summed E-state index contributed by atoms with van der Waals surface area (Å²) in [5.74, 6) is 1.12. The van der Waals surface area contributed by atoms with E-state index in [9.17, 15) is 9.18 Å². The Hall–Kier alpha value is -2.93. The van der Waals surface area contributed by atoms with Crippen molar-refractivity contribution in [3.05, 3.63) is 70.0 Å². The van der Waals surface area contributed by atoms with Crippen LogP contribution in [0, 0.1) is 12.7 Å². The molecule has 0 unspecified atom stereocenters. The number of fused-ring (bicyclic) bond motifs is 1. The highest BCUT2D eigenvalue weighted by Gasteiger charge is 2.52. The van der Waals surface area contributed by atoms with Gasteiger partial charge in [0.05, 0.1) is 5.41 Å². The fourth-order valence-electron chi connectivity index (χ4n) is 3.68. The van der Waals surface area contributed by atoms with Crippen LogP contribution in [0.2, 0.25) is 0 Å². The second-order valence-electron chi connectivity index (χ2n) is 7.48. The maximum Gasteiger partial charge on any atom is 0.236 e. The van der Waals surface area contributed by atoms with Gasteiger partial charge in [0.15, 0.2) is 16.6 Å². The minimum Gasteiger partial charge on any atom is -0.454 e. The molecule has 0 saturated heterocycles. The van der Waals surface area contributed by atoms with Gasteiger partial charge >= 0.3 is 0 Å². The minimum absolute atomic E-state index is 0.0461. The second-order valence-corrected chi connectivity index (χ2v) is 8.60. The van der Waals surface area contributed by atoms with Crippen LogP contribution < -0.4 is 14.8 Å². The largest absolute Gasteiger partial charge is 0.454 e. The van der Waals surface area contributed by atoms with E-state index in [1.165, 1.54) is 23.5 Å². The molecule has 3 aromatic rings. The van der Waals surface area contributed by atoms with E-state index >= 15 is 0 Å². The number of ether oxygens (including phenoxy) is 2. The molecule has 0 spiro atoms. The highest BCUT2D eigenvalue weighted by atomic mass is 32.1.